The van der Waals surface area contributed by atoms with Crippen molar-refractivity contribution in [3.05, 3.63) is 0 Å². The van der Waals surface area contributed by atoms with Gasteiger partial charge in [-0.1, -0.05) is 0 Å². The molecule has 0 amide bonds. The van der Waals surface area contributed by atoms with Crippen LogP contribution in [-0.2, 0) is 4.74 Å². The zero-order chi connectivity index (χ0) is 10.2. The Labute approximate surface area is 73.4 Å². The van der Waals surface area contributed by atoms with Crippen molar-refractivity contribution in [3.63, 3.8) is 0 Å². The minimum Gasteiger partial charge on any atom is -0.394 e. The highest BCUT2D eigenvalue weighted by Crippen LogP contribution is 2.25. The Balaban J connectivity index is 2.79. The lowest BCUT2D eigenvalue weighted by Gasteiger charge is -2.41. The quantitative estimate of drug-likeness (QED) is 0.236. The summed E-state index contributed by atoms with van der Waals surface area (Å²) in [5, 5.41) is 53.6. The van der Waals surface area contributed by atoms with Crippen LogP contribution in [0, 0.1) is 0 Å². The van der Waals surface area contributed by atoms with Crippen LogP contribution in [0.5, 0.6) is 0 Å². The van der Waals surface area contributed by atoms with E-state index in [9.17, 15) is 0 Å². The molecule has 7 nitrogen and oxygen atoms in total. The van der Waals surface area contributed by atoms with Gasteiger partial charge in [-0.25, -0.2) is 0 Å². The molecule has 0 spiro atoms. The molecule has 1 saturated heterocycles. The standard InChI is InChI=1S/C6H12O7/c7-1-2-3(8)4(9)5(10)6(11,12)13-2/h2-5,7-12H,1H2/t2-,3-,4+,5-/m0/s1. The summed E-state index contributed by atoms with van der Waals surface area (Å²) in [5.74, 6) is -2.95. The molecule has 1 aliphatic heterocycles. The lowest BCUT2D eigenvalue weighted by Crippen LogP contribution is -2.65. The molecule has 6 N–H and O–H groups in total. The van der Waals surface area contributed by atoms with Crippen LogP contribution in [0.25, 0.3) is 0 Å². The van der Waals surface area contributed by atoms with Crippen LogP contribution in [0.2, 0.25) is 0 Å². The Hall–Kier alpha value is -0.280. The van der Waals surface area contributed by atoms with Gasteiger partial charge in [0.1, 0.15) is 18.3 Å². The lowest BCUT2D eigenvalue weighted by atomic mass is 9.98. The van der Waals surface area contributed by atoms with Crippen molar-refractivity contribution in [2.24, 2.45) is 0 Å². The highest BCUT2D eigenvalue weighted by Gasteiger charge is 2.51. The zero-order valence-corrected chi connectivity index (χ0v) is 6.61. The Morgan fingerprint density at radius 3 is 2.08 bits per heavy atom. The summed E-state index contributed by atoms with van der Waals surface area (Å²) in [7, 11) is 0. The molecule has 4 atom stereocenters. The van der Waals surface area contributed by atoms with Gasteiger partial charge in [0.05, 0.1) is 6.61 Å². The van der Waals surface area contributed by atoms with Gasteiger partial charge in [-0.2, -0.15) is 0 Å². The van der Waals surface area contributed by atoms with E-state index in [0.717, 1.165) is 0 Å². The van der Waals surface area contributed by atoms with Crippen molar-refractivity contribution in [2.45, 2.75) is 30.4 Å². The molecule has 1 aliphatic rings. The topological polar surface area (TPSA) is 131 Å². The number of hydrogen-bond donors (Lipinski definition) is 6. The number of rotatable bonds is 1. The summed E-state index contributed by atoms with van der Waals surface area (Å²) in [6.45, 7) is -0.701. The van der Waals surface area contributed by atoms with Gasteiger partial charge in [0.25, 0.3) is 0 Å². The van der Waals surface area contributed by atoms with E-state index in [4.69, 9.17) is 30.6 Å². The Kier molecular flexibility index (Phi) is 2.88. The predicted molar refractivity (Wildman–Crippen MR) is 37.1 cm³/mol. The SMILES string of the molecule is OC[C@@H]1OC(O)(O)[C@@H](O)[C@H](O)[C@H]1O. The maximum atomic E-state index is 9.12. The Bertz CT molecular complexity index is 180. The van der Waals surface area contributed by atoms with Gasteiger partial charge in [0.2, 0.25) is 0 Å². The van der Waals surface area contributed by atoms with Gasteiger partial charge in [0, 0.05) is 0 Å². The van der Waals surface area contributed by atoms with E-state index in [-0.39, 0.29) is 0 Å². The van der Waals surface area contributed by atoms with Gasteiger partial charge < -0.3 is 35.4 Å². The molecule has 0 bridgehead atoms. The van der Waals surface area contributed by atoms with Gasteiger partial charge in [-0.15, -0.1) is 0 Å². The minimum absolute atomic E-state index is 0.701. The average molecular weight is 196 g/mol. The van der Waals surface area contributed by atoms with E-state index in [1.165, 1.54) is 0 Å². The average Bonchev–Trinajstić information content (AvgIpc) is 2.08. The third-order valence-corrected chi connectivity index (χ3v) is 1.94. The summed E-state index contributed by atoms with van der Waals surface area (Å²) in [5.41, 5.74) is 0. The molecule has 0 saturated carbocycles. The first-order chi connectivity index (χ1) is 5.90. The predicted octanol–water partition coefficient (Wildman–Crippen LogP) is -3.90. The van der Waals surface area contributed by atoms with Crippen molar-refractivity contribution < 1.29 is 35.4 Å². The second-order valence-corrected chi connectivity index (χ2v) is 2.92. The molecule has 0 aromatic rings. The van der Waals surface area contributed by atoms with Crippen LogP contribution >= 0.6 is 0 Å². The van der Waals surface area contributed by atoms with E-state index in [0.29, 0.717) is 0 Å². The molecular formula is C6H12O7. The number of aliphatic hydroxyl groups excluding tert-OH is 4. The summed E-state index contributed by atoms with van der Waals surface area (Å²) < 4.78 is 4.32. The van der Waals surface area contributed by atoms with Crippen molar-refractivity contribution in [1.82, 2.24) is 0 Å². The maximum Gasteiger partial charge on any atom is 0.308 e. The van der Waals surface area contributed by atoms with Crippen LogP contribution in [0.1, 0.15) is 0 Å². The molecule has 7 heteroatoms. The van der Waals surface area contributed by atoms with Crippen LogP contribution in [-0.4, -0.2) is 67.6 Å². The van der Waals surface area contributed by atoms with Crippen molar-refractivity contribution in [3.8, 4) is 0 Å². The molecule has 78 valence electrons. The molecule has 0 aromatic carbocycles. The normalized spacial score (nSPS) is 44.8. The van der Waals surface area contributed by atoms with E-state index < -0.39 is 37.0 Å². The highest BCUT2D eigenvalue weighted by molar-refractivity contribution is 4.90. The van der Waals surface area contributed by atoms with E-state index in [2.05, 4.69) is 4.74 Å². The second kappa shape index (κ2) is 3.46. The molecule has 0 unspecified atom stereocenters. The summed E-state index contributed by atoms with van der Waals surface area (Å²) in [4.78, 5) is 0. The molecule has 0 aromatic heterocycles. The second-order valence-electron chi connectivity index (χ2n) is 2.92. The minimum atomic E-state index is -2.95. The first-order valence-corrected chi connectivity index (χ1v) is 3.67. The molecule has 0 radical (unpaired) electrons. The maximum absolute atomic E-state index is 9.12. The number of hydrogen-bond acceptors (Lipinski definition) is 7. The van der Waals surface area contributed by atoms with Crippen molar-refractivity contribution >= 4 is 0 Å². The van der Waals surface area contributed by atoms with Gasteiger partial charge in [-0.3, -0.25) is 0 Å². The Morgan fingerprint density at radius 1 is 1.08 bits per heavy atom. The first-order valence-electron chi connectivity index (χ1n) is 3.67. The fourth-order valence-electron chi connectivity index (χ4n) is 1.14. The smallest absolute Gasteiger partial charge is 0.308 e. The number of aliphatic hydroxyl groups is 6. The fourth-order valence-corrected chi connectivity index (χ4v) is 1.14. The summed E-state index contributed by atoms with van der Waals surface area (Å²) in [6.07, 6.45) is -6.72. The third kappa shape index (κ3) is 1.81. The van der Waals surface area contributed by atoms with Gasteiger partial charge in [0.15, 0.2) is 6.10 Å². The van der Waals surface area contributed by atoms with E-state index >= 15 is 0 Å². The fraction of sp³-hybridized carbons (Fsp3) is 1.00. The molecule has 0 aliphatic carbocycles. The molecule has 13 heavy (non-hydrogen) atoms. The van der Waals surface area contributed by atoms with E-state index in [1.807, 2.05) is 0 Å². The van der Waals surface area contributed by atoms with E-state index in [1.54, 1.807) is 0 Å². The van der Waals surface area contributed by atoms with Gasteiger partial charge in [-0.05, 0) is 0 Å². The first kappa shape index (κ1) is 10.8. The van der Waals surface area contributed by atoms with Crippen molar-refractivity contribution in [1.29, 1.82) is 0 Å². The van der Waals surface area contributed by atoms with Gasteiger partial charge >= 0.3 is 5.97 Å². The highest BCUT2D eigenvalue weighted by atomic mass is 16.8. The summed E-state index contributed by atoms with van der Waals surface area (Å²) in [6, 6.07) is 0. The molecule has 1 heterocycles. The lowest BCUT2D eigenvalue weighted by molar-refractivity contribution is -0.435. The van der Waals surface area contributed by atoms with Crippen LogP contribution in [0.3, 0.4) is 0 Å². The largest absolute Gasteiger partial charge is 0.394 e. The number of ether oxygens (including phenoxy) is 1. The van der Waals surface area contributed by atoms with Crippen LogP contribution in [0.15, 0.2) is 0 Å². The molecule has 1 fully saturated rings. The van der Waals surface area contributed by atoms with Crippen LogP contribution < -0.4 is 0 Å². The molecular weight excluding hydrogens is 184 g/mol. The summed E-state index contributed by atoms with van der Waals surface area (Å²) >= 11 is 0. The third-order valence-electron chi connectivity index (χ3n) is 1.94. The van der Waals surface area contributed by atoms with Crippen LogP contribution in [0.4, 0.5) is 0 Å². The molecule has 1 rings (SSSR count). The van der Waals surface area contributed by atoms with Crippen molar-refractivity contribution in [2.75, 3.05) is 6.61 Å². The zero-order valence-electron chi connectivity index (χ0n) is 6.61. The Morgan fingerprint density at radius 2 is 1.62 bits per heavy atom. The monoisotopic (exact) mass is 196 g/mol.